The van der Waals surface area contributed by atoms with Crippen LogP contribution < -0.4 is 16.4 Å². The van der Waals surface area contributed by atoms with Gasteiger partial charge in [-0.25, -0.2) is 4.79 Å². The van der Waals surface area contributed by atoms with Crippen molar-refractivity contribution in [1.29, 1.82) is 0 Å². The van der Waals surface area contributed by atoms with Crippen LogP contribution in [0.2, 0.25) is 0 Å². The first-order valence-electron chi connectivity index (χ1n) is 15.2. The molecule has 0 aromatic carbocycles. The third-order valence-corrected chi connectivity index (χ3v) is 8.50. The van der Waals surface area contributed by atoms with Gasteiger partial charge in [-0.1, -0.05) is 51.0 Å². The molecule has 2 amide bonds. The fraction of sp³-hybridized carbons (Fsp3) is 0.576. The number of allylic oxidation sites excluding steroid dienone is 4. The zero-order chi connectivity index (χ0) is 32.6. The second-order valence-electron chi connectivity index (χ2n) is 12.1. The SMILES string of the molecule is CO[C@H]1/C=C\C=C(\C)C(=O)NC2=CC(=O)C(NC3CCCC3)=C(C[C@@H](C)C[C@H](OC)[C@H](O)[C@@H](C)/C=C(/C)[C@@H]1OC(N)=O)C2=O. The summed E-state index contributed by atoms with van der Waals surface area (Å²) in [7, 11) is 2.95. The van der Waals surface area contributed by atoms with Gasteiger partial charge in [0.15, 0.2) is 6.10 Å². The Balaban J connectivity index is 2.06. The van der Waals surface area contributed by atoms with Crippen LogP contribution in [-0.2, 0) is 28.6 Å². The molecule has 3 aliphatic rings. The molecule has 44 heavy (non-hydrogen) atoms. The molecule has 11 nitrogen and oxygen atoms in total. The number of methoxy groups -OCH3 is 2. The van der Waals surface area contributed by atoms with Crippen molar-refractivity contribution in [2.24, 2.45) is 17.6 Å². The molecule has 1 heterocycles. The number of aliphatic hydroxyl groups is 1. The molecule has 1 aliphatic heterocycles. The highest BCUT2D eigenvalue weighted by molar-refractivity contribution is 6.23. The average Bonchev–Trinajstić information content (AvgIpc) is 3.49. The number of nitrogens with two attached hydrogens (primary N) is 1. The summed E-state index contributed by atoms with van der Waals surface area (Å²) in [6.07, 6.45) is 7.99. The minimum atomic E-state index is -0.991. The summed E-state index contributed by atoms with van der Waals surface area (Å²) in [6.45, 7) is 7.07. The van der Waals surface area contributed by atoms with E-state index in [1.54, 1.807) is 32.1 Å². The quantitative estimate of drug-likeness (QED) is 0.269. The van der Waals surface area contributed by atoms with Crippen LogP contribution in [0, 0.1) is 11.8 Å². The van der Waals surface area contributed by atoms with E-state index in [1.165, 1.54) is 26.4 Å². The number of ether oxygens (including phenoxy) is 3. The molecule has 11 heteroatoms. The maximum absolute atomic E-state index is 13.8. The summed E-state index contributed by atoms with van der Waals surface area (Å²) < 4.78 is 16.7. The first-order chi connectivity index (χ1) is 20.9. The fourth-order valence-electron chi connectivity index (χ4n) is 6.02. The number of rotatable bonds is 5. The molecule has 2 bridgehead atoms. The molecule has 6 atom stereocenters. The Hall–Kier alpha value is -3.54. The second-order valence-corrected chi connectivity index (χ2v) is 12.1. The molecule has 1 fully saturated rings. The van der Waals surface area contributed by atoms with Gasteiger partial charge in [-0.3, -0.25) is 14.4 Å². The predicted molar refractivity (Wildman–Crippen MR) is 165 cm³/mol. The van der Waals surface area contributed by atoms with Crippen LogP contribution in [0.3, 0.4) is 0 Å². The Morgan fingerprint density at radius 1 is 1.09 bits per heavy atom. The summed E-state index contributed by atoms with van der Waals surface area (Å²) in [5.41, 5.74) is 6.73. The van der Waals surface area contributed by atoms with Crippen molar-refractivity contribution in [3.05, 3.63) is 58.5 Å². The van der Waals surface area contributed by atoms with E-state index >= 15 is 0 Å². The summed E-state index contributed by atoms with van der Waals surface area (Å²) in [4.78, 5) is 52.0. The molecule has 0 spiro atoms. The van der Waals surface area contributed by atoms with Gasteiger partial charge in [0.05, 0.1) is 23.6 Å². The first kappa shape index (κ1) is 34.9. The highest BCUT2D eigenvalue weighted by Gasteiger charge is 2.34. The lowest BCUT2D eigenvalue weighted by atomic mass is 9.85. The van der Waals surface area contributed by atoms with Crippen molar-refractivity contribution < 1.29 is 38.5 Å². The number of carbonyl (C=O) groups is 4. The van der Waals surface area contributed by atoms with Crippen molar-refractivity contribution in [2.45, 2.75) is 96.7 Å². The van der Waals surface area contributed by atoms with Gasteiger partial charge in [-0.05, 0) is 51.0 Å². The van der Waals surface area contributed by atoms with E-state index in [0.717, 1.165) is 25.7 Å². The van der Waals surface area contributed by atoms with Gasteiger partial charge in [-0.15, -0.1) is 0 Å². The lowest BCUT2D eigenvalue weighted by Crippen LogP contribution is -2.39. The molecule has 242 valence electrons. The smallest absolute Gasteiger partial charge is 0.405 e. The Bertz CT molecular complexity index is 1260. The van der Waals surface area contributed by atoms with Gasteiger partial charge in [0.1, 0.15) is 6.10 Å². The molecule has 5 N–H and O–H groups in total. The number of aliphatic hydroxyl groups excluding tert-OH is 1. The number of hydrogen-bond donors (Lipinski definition) is 4. The Morgan fingerprint density at radius 3 is 2.39 bits per heavy atom. The average molecular weight is 614 g/mol. The number of amides is 2. The maximum atomic E-state index is 13.8. The van der Waals surface area contributed by atoms with Crippen LogP contribution in [0.5, 0.6) is 0 Å². The Morgan fingerprint density at radius 2 is 1.77 bits per heavy atom. The number of Topliss-reactive ketones (excluding diaryl/α,β-unsaturated/α-hetero) is 1. The third kappa shape index (κ3) is 8.99. The number of primary amides is 1. The van der Waals surface area contributed by atoms with E-state index < -0.39 is 48.1 Å². The minimum absolute atomic E-state index is 0.0877. The second kappa shape index (κ2) is 16.0. The summed E-state index contributed by atoms with van der Waals surface area (Å²) in [5.74, 6) is -1.93. The van der Waals surface area contributed by atoms with Crippen molar-refractivity contribution in [1.82, 2.24) is 10.6 Å². The molecule has 0 saturated heterocycles. The van der Waals surface area contributed by atoms with E-state index in [4.69, 9.17) is 19.9 Å². The Labute approximate surface area is 259 Å². The third-order valence-electron chi connectivity index (χ3n) is 8.50. The number of fused-ring (bicyclic) bond motifs is 2. The van der Waals surface area contributed by atoms with Gasteiger partial charge < -0.3 is 35.7 Å². The standard InChI is InChI=1S/C33H47N3O8/c1-18-14-23-28(35-22-11-7-8-12-22)25(37)17-24(30(23)39)36-32(40)19(2)10-9-13-26(42-5)31(44-33(34)41)21(4)16-20(3)29(38)27(15-18)43-6/h9-10,13,16-18,20,22,26-27,29,31,35,38H,7-8,11-12,14-15H2,1-6H3,(H2,34,41)(H,36,40)/b13-9-,19-10-,21-16-/t18-,20+,26+,27+,29-,31+/m1/s1. The van der Waals surface area contributed by atoms with Crippen LogP contribution in [0.1, 0.15) is 66.2 Å². The normalized spacial score (nSPS) is 33.1. The predicted octanol–water partition coefficient (Wildman–Crippen LogP) is 3.29. The van der Waals surface area contributed by atoms with E-state index in [9.17, 15) is 24.3 Å². The first-order valence-corrected chi connectivity index (χ1v) is 15.2. The highest BCUT2D eigenvalue weighted by Crippen LogP contribution is 2.30. The molecule has 1 saturated carbocycles. The number of ketones is 2. The van der Waals surface area contributed by atoms with Crippen LogP contribution in [0.25, 0.3) is 0 Å². The lowest BCUT2D eigenvalue weighted by Gasteiger charge is -2.30. The number of nitrogens with one attached hydrogen (secondary N) is 2. The molecule has 0 radical (unpaired) electrons. The molecular weight excluding hydrogens is 566 g/mol. The number of carbonyl (C=O) groups excluding carboxylic acids is 4. The van der Waals surface area contributed by atoms with Crippen molar-refractivity contribution >= 4 is 23.6 Å². The van der Waals surface area contributed by atoms with Crippen LogP contribution in [0.15, 0.2) is 58.5 Å². The summed E-state index contributed by atoms with van der Waals surface area (Å²) in [6, 6.07) is 0.103. The van der Waals surface area contributed by atoms with Crippen molar-refractivity contribution in [3.8, 4) is 0 Å². The molecule has 2 aliphatic carbocycles. The van der Waals surface area contributed by atoms with Gasteiger partial charge in [0.25, 0.3) is 5.91 Å². The zero-order valence-corrected chi connectivity index (χ0v) is 26.6. The van der Waals surface area contributed by atoms with E-state index in [-0.39, 0.29) is 41.1 Å². The zero-order valence-electron chi connectivity index (χ0n) is 26.6. The van der Waals surface area contributed by atoms with E-state index in [0.29, 0.717) is 17.6 Å². The monoisotopic (exact) mass is 613 g/mol. The van der Waals surface area contributed by atoms with Crippen molar-refractivity contribution in [3.63, 3.8) is 0 Å². The van der Waals surface area contributed by atoms with Gasteiger partial charge >= 0.3 is 6.09 Å². The molecule has 0 unspecified atom stereocenters. The summed E-state index contributed by atoms with van der Waals surface area (Å²) in [5, 5.41) is 17.3. The van der Waals surface area contributed by atoms with E-state index in [1.807, 2.05) is 13.8 Å². The Kier molecular flexibility index (Phi) is 12.7. The molecule has 0 aromatic heterocycles. The van der Waals surface area contributed by atoms with Crippen LogP contribution in [0.4, 0.5) is 4.79 Å². The highest BCUT2D eigenvalue weighted by atomic mass is 16.6. The van der Waals surface area contributed by atoms with Crippen LogP contribution >= 0.6 is 0 Å². The van der Waals surface area contributed by atoms with Gasteiger partial charge in [0, 0.05) is 43.4 Å². The molecule has 0 aromatic rings. The van der Waals surface area contributed by atoms with Gasteiger partial charge in [-0.2, -0.15) is 0 Å². The van der Waals surface area contributed by atoms with Crippen molar-refractivity contribution in [2.75, 3.05) is 14.2 Å². The molecular formula is C33H47N3O8. The van der Waals surface area contributed by atoms with Crippen LogP contribution in [-0.4, -0.2) is 73.4 Å². The molecule has 3 rings (SSSR count). The minimum Gasteiger partial charge on any atom is -0.439 e. The summed E-state index contributed by atoms with van der Waals surface area (Å²) >= 11 is 0. The number of hydrogen-bond acceptors (Lipinski definition) is 9. The van der Waals surface area contributed by atoms with Gasteiger partial charge in [0.2, 0.25) is 11.6 Å². The van der Waals surface area contributed by atoms with E-state index in [2.05, 4.69) is 10.6 Å². The topological polar surface area (TPSA) is 166 Å². The largest absolute Gasteiger partial charge is 0.439 e. The lowest BCUT2D eigenvalue weighted by molar-refractivity contribution is -0.120. The fourth-order valence-corrected chi connectivity index (χ4v) is 6.02. The maximum Gasteiger partial charge on any atom is 0.405 e.